The van der Waals surface area contributed by atoms with Gasteiger partial charge in [-0.25, -0.2) is 19.9 Å². The van der Waals surface area contributed by atoms with Crippen molar-refractivity contribution in [2.24, 2.45) is 0 Å². The maximum Gasteiger partial charge on any atom is 0.0738 e. The van der Waals surface area contributed by atoms with Gasteiger partial charge < -0.3 is 65.0 Å². The van der Waals surface area contributed by atoms with Crippen molar-refractivity contribution >= 4 is 150 Å². The van der Waals surface area contributed by atoms with E-state index in [1.165, 1.54) is 0 Å². The van der Waals surface area contributed by atoms with Crippen LogP contribution in [-0.4, -0.2) is 39.9 Å². The summed E-state index contributed by atoms with van der Waals surface area (Å²) >= 11 is 0. The van der Waals surface area contributed by atoms with Crippen LogP contribution in [0, 0.1) is 0 Å². The molecule has 18 N–H and O–H groups in total. The molecule has 16 heteroatoms. The van der Waals surface area contributed by atoms with E-state index in [-0.39, 0.29) is 0 Å². The molecule has 8 aromatic carbocycles. The number of fused-ring (bicyclic) bond motifs is 18. The van der Waals surface area contributed by atoms with Gasteiger partial charge in [0.1, 0.15) is 0 Å². The molecule has 0 aliphatic carbocycles. The highest BCUT2D eigenvalue weighted by Crippen LogP contribution is 2.52. The fourth-order valence-corrected chi connectivity index (χ4v) is 15.3. The normalized spacial score (nSPS) is 12.5. The molecule has 5 aliphatic rings. The predicted molar refractivity (Wildman–Crippen MR) is 434 cm³/mol. The monoisotopic (exact) mass is 1340 g/mol. The van der Waals surface area contributed by atoms with Crippen LogP contribution in [0.15, 0.2) is 231 Å². The van der Waals surface area contributed by atoms with Crippen molar-refractivity contribution in [3.63, 3.8) is 0 Å². The zero-order chi connectivity index (χ0) is 69.8. The second-order valence-electron chi connectivity index (χ2n) is 26.2. The van der Waals surface area contributed by atoms with E-state index in [1.807, 2.05) is 158 Å². The molecule has 16 nitrogen and oxygen atoms in total. The van der Waals surface area contributed by atoms with Crippen molar-refractivity contribution in [2.75, 3.05) is 45.0 Å². The number of aromatic amines is 4. The lowest BCUT2D eigenvalue weighted by molar-refractivity contribution is 1.31. The minimum absolute atomic E-state index is 0.600. The van der Waals surface area contributed by atoms with Crippen molar-refractivity contribution in [2.45, 2.75) is 0 Å². The molecule has 104 heavy (non-hydrogen) atoms. The van der Waals surface area contributed by atoms with E-state index in [0.29, 0.717) is 68.3 Å². The fourth-order valence-electron chi connectivity index (χ4n) is 15.3. The SMILES string of the molecule is Nc1ccccc1-c1c2nc(c(-c3ccccc3N)c3ccc([nH]3)c(-c3cccc4c3Nc3cccc(-c5c6nc(c(-c7ccccc7N)c7ccc([nH]7)c(-c7ccccc7N)c7nc(c(-c8ccccc8N)c8ccc5[nH]8)C=C7)C=C6)c3N4)c3nc(c(-c4ccccc4N)c4ccc1[nH]4)C=C3)C=C2. The Labute approximate surface area is 596 Å². The van der Waals surface area contributed by atoms with E-state index in [9.17, 15) is 0 Å². The van der Waals surface area contributed by atoms with Gasteiger partial charge in [0.05, 0.1) is 68.3 Å². The smallest absolute Gasteiger partial charge is 0.0738 e. The number of hydrogen-bond donors (Lipinski definition) is 12. The van der Waals surface area contributed by atoms with Crippen LogP contribution in [0.1, 0.15) is 45.6 Å². The summed E-state index contributed by atoms with van der Waals surface area (Å²) in [6, 6.07) is 76.7. The average molecular weight is 1350 g/mol. The second-order valence-corrected chi connectivity index (χ2v) is 26.2. The summed E-state index contributed by atoms with van der Waals surface area (Å²) in [6.07, 6.45) is 16.5. The van der Waals surface area contributed by atoms with Crippen LogP contribution in [0.3, 0.4) is 0 Å². The molecule has 0 saturated carbocycles. The van der Waals surface area contributed by atoms with Gasteiger partial charge in [0.15, 0.2) is 0 Å². The molecule has 0 saturated heterocycles. The largest absolute Gasteiger partial charge is 0.398 e. The molecule has 19 rings (SSSR count). The number of rotatable bonds is 8. The van der Waals surface area contributed by atoms with Crippen molar-refractivity contribution in [3.8, 4) is 89.0 Å². The number of nitrogens with two attached hydrogens (primary N) is 6. The third-order valence-electron chi connectivity index (χ3n) is 20.1. The second kappa shape index (κ2) is 24.1. The third kappa shape index (κ3) is 9.99. The molecule has 14 aromatic rings. The van der Waals surface area contributed by atoms with Gasteiger partial charge in [-0.05, 0) is 146 Å². The topological polar surface area (TPSA) is 295 Å². The van der Waals surface area contributed by atoms with E-state index >= 15 is 0 Å². The van der Waals surface area contributed by atoms with Gasteiger partial charge in [0.25, 0.3) is 0 Å². The van der Waals surface area contributed by atoms with E-state index in [1.54, 1.807) is 0 Å². The van der Waals surface area contributed by atoms with Gasteiger partial charge >= 0.3 is 0 Å². The standard InChI is InChI=1S/C88H64N16/c89-55-23-7-1-15-47(55)79-61-31-35-65(95-61)81(49-17-3-9-25-57(49)91)69-39-43-73(99-69)85(74-44-40-70(100-74)82(66-36-32-62(79)96-66)50-18-4-10-26-58(50)92)53-21-13-29-77-87(53)103-78-30-14-22-54(88(78)104-77)86-75-45-41-71(101-75)83(51-19-5-11-27-59(51)93)67-37-33-63(97-67)80(48-16-2-8-24-56(48)90)64-34-38-68(98-64)84(72-42-46-76(86)102-72)52-20-6-12-28-60(52)94/h1-46,95,97,100,102-104H,89-94H2. The van der Waals surface area contributed by atoms with Crippen LogP contribution < -0.4 is 45.0 Å². The Hall–Kier alpha value is -14.6. The maximum atomic E-state index is 6.98. The van der Waals surface area contributed by atoms with E-state index in [4.69, 9.17) is 54.3 Å². The van der Waals surface area contributed by atoms with Crippen molar-refractivity contribution in [3.05, 3.63) is 276 Å². The number of benzene rings is 8. The highest BCUT2D eigenvalue weighted by molar-refractivity contribution is 6.11. The van der Waals surface area contributed by atoms with Crippen LogP contribution in [-0.2, 0) is 0 Å². The highest BCUT2D eigenvalue weighted by Gasteiger charge is 2.29. The lowest BCUT2D eigenvalue weighted by atomic mass is 9.96. The summed E-state index contributed by atoms with van der Waals surface area (Å²) in [5.41, 5.74) is 74.0. The molecule has 5 aliphatic heterocycles. The van der Waals surface area contributed by atoms with Crippen LogP contribution in [0.5, 0.6) is 0 Å². The Kier molecular flexibility index (Phi) is 14.0. The summed E-state index contributed by atoms with van der Waals surface area (Å²) in [7, 11) is 0. The van der Waals surface area contributed by atoms with Crippen molar-refractivity contribution in [1.82, 2.24) is 39.9 Å². The molecule has 0 spiro atoms. The third-order valence-corrected chi connectivity index (χ3v) is 20.1. The number of hydrogen-bond acceptors (Lipinski definition) is 12. The minimum atomic E-state index is 0.600. The molecule has 0 amide bonds. The summed E-state index contributed by atoms with van der Waals surface area (Å²) in [5, 5.41) is 8.01. The molecule has 0 radical (unpaired) electrons. The molecule has 6 aromatic heterocycles. The molecule has 0 fully saturated rings. The molecule has 0 atom stereocenters. The number of aromatic nitrogens is 8. The summed E-state index contributed by atoms with van der Waals surface area (Å²) in [5.74, 6) is 0. The Balaban J connectivity index is 0.851. The first-order valence-electron chi connectivity index (χ1n) is 34.3. The Morgan fingerprint density at radius 3 is 0.548 bits per heavy atom. The van der Waals surface area contributed by atoms with Crippen molar-refractivity contribution in [1.29, 1.82) is 0 Å². The summed E-state index contributed by atoms with van der Waals surface area (Å²) in [6.45, 7) is 0. The number of para-hydroxylation sites is 8. The number of nitrogens with one attached hydrogen (secondary N) is 6. The van der Waals surface area contributed by atoms with Gasteiger partial charge in [-0.3, -0.25) is 0 Å². The van der Waals surface area contributed by atoms with Crippen LogP contribution in [0.25, 0.3) is 182 Å². The van der Waals surface area contributed by atoms with Crippen molar-refractivity contribution < 1.29 is 0 Å². The van der Waals surface area contributed by atoms with E-state index in [0.717, 1.165) is 167 Å². The number of H-pyrrole nitrogens is 4. The highest BCUT2D eigenvalue weighted by atomic mass is 15.0. The lowest BCUT2D eigenvalue weighted by Gasteiger charge is -2.27. The molecule has 0 unspecified atom stereocenters. The van der Waals surface area contributed by atoms with E-state index in [2.05, 4.69) is 152 Å². The quantitative estimate of drug-likeness (QED) is 0.0633. The minimum Gasteiger partial charge on any atom is -0.398 e. The predicted octanol–water partition coefficient (Wildman–Crippen LogP) is 20.3. The first-order chi connectivity index (χ1) is 51.0. The molecule has 11 heterocycles. The summed E-state index contributed by atoms with van der Waals surface area (Å²) < 4.78 is 0. The van der Waals surface area contributed by atoms with Crippen LogP contribution in [0.2, 0.25) is 0 Å². The molecular weight excluding hydrogens is 1280 g/mol. The van der Waals surface area contributed by atoms with Crippen LogP contribution in [0.4, 0.5) is 56.9 Å². The first kappa shape index (κ1) is 60.5. The first-order valence-corrected chi connectivity index (χ1v) is 34.3. The average Bonchev–Trinajstić information content (AvgIpc) is 1.45. The van der Waals surface area contributed by atoms with Gasteiger partial charge in [0.2, 0.25) is 0 Å². The Bertz CT molecular complexity index is 6050. The number of nitrogen functional groups attached to an aromatic ring is 6. The fraction of sp³-hybridized carbons (Fsp3) is 0. The number of nitrogens with zero attached hydrogens (tertiary/aromatic N) is 4. The Morgan fingerprint density at radius 2 is 0.356 bits per heavy atom. The van der Waals surface area contributed by atoms with Crippen LogP contribution >= 0.6 is 0 Å². The Morgan fingerprint density at radius 1 is 0.183 bits per heavy atom. The lowest BCUT2D eigenvalue weighted by Crippen LogP contribution is -2.09. The summed E-state index contributed by atoms with van der Waals surface area (Å²) in [4.78, 5) is 37.8. The van der Waals surface area contributed by atoms with E-state index < -0.39 is 0 Å². The molecule has 16 bridgehead atoms. The maximum absolute atomic E-state index is 6.98. The van der Waals surface area contributed by atoms with Gasteiger partial charge in [-0.15, -0.1) is 0 Å². The number of anilines is 10. The van der Waals surface area contributed by atoms with Gasteiger partial charge in [0, 0.05) is 167 Å². The zero-order valence-corrected chi connectivity index (χ0v) is 55.8. The van der Waals surface area contributed by atoms with Gasteiger partial charge in [-0.2, -0.15) is 0 Å². The van der Waals surface area contributed by atoms with Gasteiger partial charge in [-0.1, -0.05) is 133 Å². The molecule has 496 valence electrons. The molecular formula is C88H64N16. The zero-order valence-electron chi connectivity index (χ0n) is 55.8.